The number of carbonyl (C=O) groups is 1. The van der Waals surface area contributed by atoms with Gasteiger partial charge in [0.25, 0.3) is 0 Å². The number of aliphatic hydroxyl groups is 1. The zero-order chi connectivity index (χ0) is 11.2. The van der Waals surface area contributed by atoms with E-state index in [2.05, 4.69) is 4.74 Å². The van der Waals surface area contributed by atoms with Crippen LogP contribution in [0.25, 0.3) is 0 Å². The van der Waals surface area contributed by atoms with Crippen molar-refractivity contribution in [3.63, 3.8) is 0 Å². The Hall–Kier alpha value is -0.220. The van der Waals surface area contributed by atoms with Gasteiger partial charge < -0.3 is 9.84 Å². The Kier molecular flexibility index (Phi) is 6.20. The molecule has 1 unspecified atom stereocenters. The van der Waals surface area contributed by atoms with Crippen LogP contribution in [0.3, 0.4) is 0 Å². The van der Waals surface area contributed by atoms with Crippen molar-refractivity contribution < 1.29 is 14.6 Å². The number of carbonyl (C=O) groups excluding carboxylic acids is 1. The van der Waals surface area contributed by atoms with Crippen LogP contribution in [0.4, 0.5) is 0 Å². The molecular weight excluding hydrogens is 200 g/mol. The standard InChI is InChI=1S/C10H20O3S/c1-8(9(11)13-4)7-14-6-5-10(2,3)12/h8,12H,5-7H2,1-4H3. The first-order chi connectivity index (χ1) is 6.37. The molecule has 3 nitrogen and oxygen atoms in total. The lowest BCUT2D eigenvalue weighted by molar-refractivity contribution is -0.143. The Bertz CT molecular complexity index is 175. The molecule has 0 rings (SSSR count). The first kappa shape index (κ1) is 13.8. The first-order valence-corrected chi connectivity index (χ1v) is 5.90. The van der Waals surface area contributed by atoms with Gasteiger partial charge in [-0.25, -0.2) is 0 Å². The third-order valence-electron chi connectivity index (χ3n) is 1.83. The predicted octanol–water partition coefficient (Wildman–Crippen LogP) is 1.69. The lowest BCUT2D eigenvalue weighted by atomic mass is 10.1. The molecule has 0 saturated heterocycles. The molecule has 0 saturated carbocycles. The van der Waals surface area contributed by atoms with Crippen molar-refractivity contribution in [2.24, 2.45) is 5.92 Å². The van der Waals surface area contributed by atoms with Gasteiger partial charge >= 0.3 is 5.97 Å². The average molecular weight is 220 g/mol. The second-order valence-corrected chi connectivity index (χ2v) is 5.21. The van der Waals surface area contributed by atoms with Crippen molar-refractivity contribution in [3.8, 4) is 0 Å². The number of ether oxygens (including phenoxy) is 1. The van der Waals surface area contributed by atoms with E-state index in [0.717, 1.165) is 17.9 Å². The van der Waals surface area contributed by atoms with Crippen molar-refractivity contribution in [1.29, 1.82) is 0 Å². The number of esters is 1. The van der Waals surface area contributed by atoms with Crippen molar-refractivity contribution in [3.05, 3.63) is 0 Å². The topological polar surface area (TPSA) is 46.5 Å². The highest BCUT2D eigenvalue weighted by Crippen LogP contribution is 2.15. The molecular formula is C10H20O3S. The summed E-state index contributed by atoms with van der Waals surface area (Å²) in [6, 6.07) is 0. The normalized spacial score (nSPS) is 13.8. The van der Waals surface area contributed by atoms with Crippen LogP contribution in [-0.2, 0) is 9.53 Å². The molecule has 14 heavy (non-hydrogen) atoms. The van der Waals surface area contributed by atoms with Gasteiger partial charge in [0.2, 0.25) is 0 Å². The maximum absolute atomic E-state index is 11.0. The van der Waals surface area contributed by atoms with Gasteiger partial charge in [-0.1, -0.05) is 6.92 Å². The van der Waals surface area contributed by atoms with Gasteiger partial charge in [-0.2, -0.15) is 11.8 Å². The summed E-state index contributed by atoms with van der Waals surface area (Å²) in [5, 5.41) is 9.43. The van der Waals surface area contributed by atoms with Gasteiger partial charge in [-0.05, 0) is 26.0 Å². The van der Waals surface area contributed by atoms with Crippen LogP contribution >= 0.6 is 11.8 Å². The van der Waals surface area contributed by atoms with Crippen molar-refractivity contribution in [1.82, 2.24) is 0 Å². The Morgan fingerprint density at radius 1 is 1.57 bits per heavy atom. The van der Waals surface area contributed by atoms with Crippen LogP contribution in [0, 0.1) is 5.92 Å². The summed E-state index contributed by atoms with van der Waals surface area (Å²) in [5.74, 6) is 1.39. The fourth-order valence-corrected chi connectivity index (χ4v) is 2.15. The summed E-state index contributed by atoms with van der Waals surface area (Å²) in [7, 11) is 1.40. The van der Waals surface area contributed by atoms with Crippen LogP contribution < -0.4 is 0 Å². The Morgan fingerprint density at radius 2 is 2.14 bits per heavy atom. The van der Waals surface area contributed by atoms with Gasteiger partial charge in [-0.15, -0.1) is 0 Å². The zero-order valence-corrected chi connectivity index (χ0v) is 10.2. The zero-order valence-electron chi connectivity index (χ0n) is 9.37. The van der Waals surface area contributed by atoms with Crippen LogP contribution in [0.1, 0.15) is 27.2 Å². The molecule has 0 aliphatic heterocycles. The highest BCUT2D eigenvalue weighted by atomic mass is 32.2. The fraction of sp³-hybridized carbons (Fsp3) is 0.900. The SMILES string of the molecule is COC(=O)C(C)CSCCC(C)(C)O. The highest BCUT2D eigenvalue weighted by molar-refractivity contribution is 7.99. The van der Waals surface area contributed by atoms with E-state index in [1.165, 1.54) is 7.11 Å². The Labute approximate surface area is 90.2 Å². The van der Waals surface area contributed by atoms with E-state index in [1.54, 1.807) is 25.6 Å². The van der Waals surface area contributed by atoms with E-state index in [9.17, 15) is 9.90 Å². The molecule has 0 aromatic rings. The average Bonchev–Trinajstić information content (AvgIpc) is 2.09. The minimum absolute atomic E-state index is 0.0631. The van der Waals surface area contributed by atoms with E-state index in [1.807, 2.05) is 6.92 Å². The molecule has 84 valence electrons. The minimum Gasteiger partial charge on any atom is -0.469 e. The lowest BCUT2D eigenvalue weighted by Crippen LogP contribution is -2.20. The minimum atomic E-state index is -0.610. The molecule has 0 aliphatic carbocycles. The van der Waals surface area contributed by atoms with E-state index < -0.39 is 5.60 Å². The third kappa shape index (κ3) is 7.21. The molecule has 4 heteroatoms. The van der Waals surface area contributed by atoms with E-state index in [-0.39, 0.29) is 11.9 Å². The Morgan fingerprint density at radius 3 is 2.57 bits per heavy atom. The maximum atomic E-state index is 11.0. The van der Waals surface area contributed by atoms with Gasteiger partial charge in [0.05, 0.1) is 18.6 Å². The summed E-state index contributed by atoms with van der Waals surface area (Å²) >= 11 is 1.67. The molecule has 0 bridgehead atoms. The molecule has 0 heterocycles. The molecule has 0 radical (unpaired) electrons. The summed E-state index contributed by atoms with van der Waals surface area (Å²) in [5.41, 5.74) is -0.610. The first-order valence-electron chi connectivity index (χ1n) is 4.75. The molecule has 0 amide bonds. The highest BCUT2D eigenvalue weighted by Gasteiger charge is 2.15. The van der Waals surface area contributed by atoms with Crippen molar-refractivity contribution >= 4 is 17.7 Å². The van der Waals surface area contributed by atoms with E-state index >= 15 is 0 Å². The fourth-order valence-electron chi connectivity index (χ4n) is 0.851. The molecule has 0 aromatic carbocycles. The summed E-state index contributed by atoms with van der Waals surface area (Å²) in [4.78, 5) is 11.0. The summed E-state index contributed by atoms with van der Waals surface area (Å²) < 4.78 is 4.61. The van der Waals surface area contributed by atoms with E-state index in [0.29, 0.717) is 0 Å². The number of thioether (sulfide) groups is 1. The smallest absolute Gasteiger partial charge is 0.309 e. The molecule has 0 fully saturated rings. The van der Waals surface area contributed by atoms with Gasteiger partial charge in [0, 0.05) is 5.75 Å². The lowest BCUT2D eigenvalue weighted by Gasteiger charge is -2.16. The summed E-state index contributed by atoms with van der Waals surface area (Å²) in [6.45, 7) is 5.43. The van der Waals surface area contributed by atoms with Crippen LogP contribution in [0.15, 0.2) is 0 Å². The number of methoxy groups -OCH3 is 1. The Balaban J connectivity index is 3.50. The van der Waals surface area contributed by atoms with Gasteiger partial charge in [0.1, 0.15) is 0 Å². The van der Waals surface area contributed by atoms with Crippen molar-refractivity contribution in [2.45, 2.75) is 32.8 Å². The number of hydrogen-bond acceptors (Lipinski definition) is 4. The summed E-state index contributed by atoms with van der Waals surface area (Å²) in [6.07, 6.45) is 0.742. The predicted molar refractivity (Wildman–Crippen MR) is 59.4 cm³/mol. The number of rotatable bonds is 6. The van der Waals surface area contributed by atoms with Crippen LogP contribution in [-0.4, -0.2) is 35.3 Å². The second-order valence-electron chi connectivity index (χ2n) is 4.06. The third-order valence-corrected chi connectivity index (χ3v) is 3.06. The molecule has 0 aliphatic rings. The quantitative estimate of drug-likeness (QED) is 0.546. The second kappa shape index (κ2) is 6.30. The van der Waals surface area contributed by atoms with Gasteiger partial charge in [0.15, 0.2) is 0 Å². The van der Waals surface area contributed by atoms with Crippen LogP contribution in [0.5, 0.6) is 0 Å². The van der Waals surface area contributed by atoms with Crippen LogP contribution in [0.2, 0.25) is 0 Å². The number of hydrogen-bond donors (Lipinski definition) is 1. The van der Waals surface area contributed by atoms with Crippen molar-refractivity contribution in [2.75, 3.05) is 18.6 Å². The van der Waals surface area contributed by atoms with Gasteiger partial charge in [-0.3, -0.25) is 4.79 Å². The maximum Gasteiger partial charge on any atom is 0.309 e. The molecule has 0 spiro atoms. The molecule has 1 N–H and O–H groups in total. The molecule has 1 atom stereocenters. The molecule has 0 aromatic heterocycles. The monoisotopic (exact) mass is 220 g/mol. The van der Waals surface area contributed by atoms with E-state index in [4.69, 9.17) is 0 Å². The largest absolute Gasteiger partial charge is 0.469 e.